The van der Waals surface area contributed by atoms with Crippen molar-refractivity contribution in [1.82, 2.24) is 9.97 Å². The molecule has 0 saturated carbocycles. The minimum atomic E-state index is -0.995. The third kappa shape index (κ3) is 3.43. The molecule has 0 aliphatic carbocycles. The Kier molecular flexibility index (Phi) is 4.62. The maximum absolute atomic E-state index is 11.7. The van der Waals surface area contributed by atoms with Gasteiger partial charge < -0.3 is 20.6 Å². The molecule has 1 atom stereocenters. The van der Waals surface area contributed by atoms with Gasteiger partial charge in [0.25, 0.3) is 5.91 Å². The van der Waals surface area contributed by atoms with Crippen LogP contribution in [0.2, 0.25) is 0 Å². The van der Waals surface area contributed by atoms with E-state index in [1.807, 2.05) is 0 Å². The standard InChI is InChI=1S/C17H15N3O4S/c1-24-10-7-5-9(6-8-10)14(16(22)23)25-17-19-12-4-2-3-11(15(18)21)13(12)20-17/h2-8,14H,1H3,(H2,18,21)(H,19,20)(H,22,23). The second-order valence-electron chi connectivity index (χ2n) is 5.22. The van der Waals surface area contributed by atoms with Crippen LogP contribution in [0.25, 0.3) is 11.0 Å². The Labute approximate surface area is 147 Å². The van der Waals surface area contributed by atoms with Crippen LogP contribution in [0, 0.1) is 0 Å². The Morgan fingerprint density at radius 3 is 2.56 bits per heavy atom. The number of carbonyl (C=O) groups is 2. The van der Waals surface area contributed by atoms with Gasteiger partial charge in [0.15, 0.2) is 5.16 Å². The highest BCUT2D eigenvalue weighted by molar-refractivity contribution is 8.00. The van der Waals surface area contributed by atoms with Crippen LogP contribution in [0.3, 0.4) is 0 Å². The van der Waals surface area contributed by atoms with Crippen molar-refractivity contribution < 1.29 is 19.4 Å². The number of aromatic nitrogens is 2. The number of para-hydroxylation sites is 1. The normalized spacial score (nSPS) is 12.0. The van der Waals surface area contributed by atoms with Crippen LogP contribution in [0.15, 0.2) is 47.6 Å². The molecule has 4 N–H and O–H groups in total. The Morgan fingerprint density at radius 1 is 1.24 bits per heavy atom. The van der Waals surface area contributed by atoms with Crippen molar-refractivity contribution in [3.05, 3.63) is 53.6 Å². The number of carbonyl (C=O) groups excluding carboxylic acids is 1. The lowest BCUT2D eigenvalue weighted by atomic mass is 10.1. The number of nitrogens with zero attached hydrogens (tertiary/aromatic N) is 1. The molecule has 0 radical (unpaired) electrons. The smallest absolute Gasteiger partial charge is 0.321 e. The predicted molar refractivity (Wildman–Crippen MR) is 93.8 cm³/mol. The van der Waals surface area contributed by atoms with E-state index >= 15 is 0 Å². The Morgan fingerprint density at radius 2 is 1.96 bits per heavy atom. The summed E-state index contributed by atoms with van der Waals surface area (Å²) < 4.78 is 5.09. The first kappa shape index (κ1) is 16.8. The summed E-state index contributed by atoms with van der Waals surface area (Å²) in [6, 6.07) is 11.8. The summed E-state index contributed by atoms with van der Waals surface area (Å²) in [6.07, 6.45) is 0. The van der Waals surface area contributed by atoms with Crippen molar-refractivity contribution in [2.24, 2.45) is 5.73 Å². The molecule has 8 heteroatoms. The Balaban J connectivity index is 1.94. The van der Waals surface area contributed by atoms with Gasteiger partial charge in [0, 0.05) is 0 Å². The second-order valence-corrected chi connectivity index (χ2v) is 6.31. The molecule has 25 heavy (non-hydrogen) atoms. The molecule has 3 aromatic rings. The van der Waals surface area contributed by atoms with Gasteiger partial charge in [-0.3, -0.25) is 9.59 Å². The van der Waals surface area contributed by atoms with Gasteiger partial charge >= 0.3 is 5.97 Å². The molecule has 0 fully saturated rings. The van der Waals surface area contributed by atoms with Gasteiger partial charge in [-0.2, -0.15) is 0 Å². The van der Waals surface area contributed by atoms with Crippen LogP contribution in [-0.4, -0.2) is 34.1 Å². The number of rotatable bonds is 6. The number of amides is 1. The number of benzene rings is 2. The van der Waals surface area contributed by atoms with Crippen LogP contribution < -0.4 is 10.5 Å². The van der Waals surface area contributed by atoms with E-state index in [1.165, 1.54) is 0 Å². The van der Waals surface area contributed by atoms with Crippen molar-refractivity contribution in [2.45, 2.75) is 10.4 Å². The van der Waals surface area contributed by atoms with E-state index in [-0.39, 0.29) is 5.56 Å². The molecule has 0 spiro atoms. The van der Waals surface area contributed by atoms with E-state index in [1.54, 1.807) is 49.6 Å². The third-order valence-corrected chi connectivity index (χ3v) is 4.75. The molecular formula is C17H15N3O4S. The highest BCUT2D eigenvalue weighted by atomic mass is 32.2. The first-order chi connectivity index (χ1) is 12.0. The number of aliphatic carboxylic acids is 1. The molecule has 0 aliphatic heterocycles. The van der Waals surface area contributed by atoms with Gasteiger partial charge in [-0.25, -0.2) is 4.98 Å². The Hall–Kier alpha value is -3.00. The van der Waals surface area contributed by atoms with Crippen molar-refractivity contribution in [3.8, 4) is 5.75 Å². The van der Waals surface area contributed by atoms with Crippen molar-refractivity contribution >= 4 is 34.7 Å². The summed E-state index contributed by atoms with van der Waals surface area (Å²) in [5.41, 5.74) is 7.30. The van der Waals surface area contributed by atoms with E-state index in [0.29, 0.717) is 27.5 Å². The molecule has 1 heterocycles. The van der Waals surface area contributed by atoms with Crippen LogP contribution >= 0.6 is 11.8 Å². The lowest BCUT2D eigenvalue weighted by Crippen LogP contribution is -2.11. The summed E-state index contributed by atoms with van der Waals surface area (Å²) >= 11 is 1.05. The SMILES string of the molecule is COc1ccc(C(Sc2nc3c(C(N)=O)cccc3[nH]2)C(=O)O)cc1. The number of methoxy groups -OCH3 is 1. The van der Waals surface area contributed by atoms with Gasteiger partial charge in [0.1, 0.15) is 16.5 Å². The van der Waals surface area contributed by atoms with E-state index in [0.717, 1.165) is 11.8 Å². The Bertz CT molecular complexity index is 937. The lowest BCUT2D eigenvalue weighted by Gasteiger charge is -2.11. The predicted octanol–water partition coefficient (Wildman–Crippen LogP) is 2.59. The van der Waals surface area contributed by atoms with Gasteiger partial charge in [-0.15, -0.1) is 0 Å². The largest absolute Gasteiger partial charge is 0.497 e. The van der Waals surface area contributed by atoms with Gasteiger partial charge in [0.05, 0.1) is 18.2 Å². The maximum atomic E-state index is 11.7. The fraction of sp³-hybridized carbons (Fsp3) is 0.118. The fourth-order valence-electron chi connectivity index (χ4n) is 2.42. The molecule has 0 bridgehead atoms. The number of fused-ring (bicyclic) bond motifs is 1. The average molecular weight is 357 g/mol. The fourth-order valence-corrected chi connectivity index (χ4v) is 3.35. The molecule has 1 amide bonds. The molecule has 1 aromatic heterocycles. The number of nitrogens with one attached hydrogen (secondary N) is 1. The number of carboxylic acids is 1. The molecule has 128 valence electrons. The number of carboxylic acid groups (broad SMARTS) is 1. The van der Waals surface area contributed by atoms with Gasteiger partial charge in [-0.1, -0.05) is 30.0 Å². The average Bonchev–Trinajstić information content (AvgIpc) is 3.02. The first-order valence-electron chi connectivity index (χ1n) is 7.31. The van der Waals surface area contributed by atoms with Crippen LogP contribution in [0.1, 0.15) is 21.2 Å². The molecular weight excluding hydrogens is 342 g/mol. The summed E-state index contributed by atoms with van der Waals surface area (Å²) in [6.45, 7) is 0. The highest BCUT2D eigenvalue weighted by Gasteiger charge is 2.23. The summed E-state index contributed by atoms with van der Waals surface area (Å²) in [5, 5.41) is 9.10. The zero-order valence-electron chi connectivity index (χ0n) is 13.2. The quantitative estimate of drug-likeness (QED) is 0.584. The van der Waals surface area contributed by atoms with Gasteiger partial charge in [0.2, 0.25) is 0 Å². The highest BCUT2D eigenvalue weighted by Crippen LogP contribution is 2.35. The van der Waals surface area contributed by atoms with Crippen molar-refractivity contribution in [1.29, 1.82) is 0 Å². The molecule has 7 nitrogen and oxygen atoms in total. The number of thioether (sulfide) groups is 1. The molecule has 1 unspecified atom stereocenters. The maximum Gasteiger partial charge on any atom is 0.321 e. The number of hydrogen-bond acceptors (Lipinski definition) is 5. The summed E-state index contributed by atoms with van der Waals surface area (Å²) in [4.78, 5) is 30.5. The van der Waals surface area contributed by atoms with Crippen LogP contribution in [-0.2, 0) is 4.79 Å². The molecule has 3 rings (SSSR count). The number of ether oxygens (including phenoxy) is 1. The second kappa shape index (κ2) is 6.86. The summed E-state index contributed by atoms with van der Waals surface area (Å²) in [7, 11) is 1.54. The number of imidazole rings is 1. The third-order valence-electron chi connectivity index (χ3n) is 3.63. The first-order valence-corrected chi connectivity index (χ1v) is 8.19. The van der Waals surface area contributed by atoms with Crippen LogP contribution in [0.4, 0.5) is 0 Å². The van der Waals surface area contributed by atoms with Crippen molar-refractivity contribution in [2.75, 3.05) is 7.11 Å². The zero-order valence-corrected chi connectivity index (χ0v) is 14.0. The van der Waals surface area contributed by atoms with E-state index in [4.69, 9.17) is 10.5 Å². The number of H-pyrrole nitrogens is 1. The number of nitrogens with two attached hydrogens (primary N) is 1. The molecule has 2 aromatic carbocycles. The minimum Gasteiger partial charge on any atom is -0.497 e. The van der Waals surface area contributed by atoms with Gasteiger partial charge in [-0.05, 0) is 29.8 Å². The number of aromatic amines is 1. The number of hydrogen-bond donors (Lipinski definition) is 3. The van der Waals surface area contributed by atoms with Crippen LogP contribution in [0.5, 0.6) is 5.75 Å². The molecule has 0 aliphatic rings. The lowest BCUT2D eigenvalue weighted by molar-refractivity contribution is -0.136. The summed E-state index contributed by atoms with van der Waals surface area (Å²) in [5.74, 6) is -0.933. The monoisotopic (exact) mass is 357 g/mol. The van der Waals surface area contributed by atoms with Crippen molar-refractivity contribution in [3.63, 3.8) is 0 Å². The number of primary amides is 1. The topological polar surface area (TPSA) is 118 Å². The van der Waals surface area contributed by atoms with E-state index in [2.05, 4.69) is 9.97 Å². The molecule has 0 saturated heterocycles. The van der Waals surface area contributed by atoms with E-state index < -0.39 is 17.1 Å². The van der Waals surface area contributed by atoms with E-state index in [9.17, 15) is 14.7 Å². The zero-order chi connectivity index (χ0) is 18.0. The minimum absolute atomic E-state index is 0.289.